The van der Waals surface area contributed by atoms with E-state index in [1.54, 1.807) is 6.21 Å². The van der Waals surface area contributed by atoms with Gasteiger partial charge in [-0.15, -0.1) is 11.3 Å². The predicted octanol–water partition coefficient (Wildman–Crippen LogP) is 3.89. The standard InChI is InChI=1S/C23H20N4O2S/c1-15-8-10-17(11-9-15)12-25-26-19(28)13-27-14-24-22-21(23(27)29)20(16(2)30-22)18-6-4-3-5-7-18/h3-12,14H,13H2,1-2H3,(H,26,28). The van der Waals surface area contributed by atoms with Gasteiger partial charge < -0.3 is 0 Å². The normalized spacial score (nSPS) is 11.3. The molecule has 1 N–H and O–H groups in total. The van der Waals surface area contributed by atoms with Gasteiger partial charge in [-0.25, -0.2) is 10.4 Å². The van der Waals surface area contributed by atoms with Gasteiger partial charge in [0.05, 0.1) is 17.9 Å². The van der Waals surface area contributed by atoms with Crippen molar-refractivity contribution in [1.82, 2.24) is 15.0 Å². The molecule has 4 rings (SSSR count). The van der Waals surface area contributed by atoms with Gasteiger partial charge in [0.25, 0.3) is 11.5 Å². The smallest absolute Gasteiger partial charge is 0.263 e. The van der Waals surface area contributed by atoms with Crippen molar-refractivity contribution in [3.63, 3.8) is 0 Å². The minimum Gasteiger partial charge on any atom is -0.289 e. The van der Waals surface area contributed by atoms with Crippen molar-refractivity contribution >= 4 is 33.7 Å². The minimum atomic E-state index is -0.394. The molecule has 0 fully saturated rings. The lowest BCUT2D eigenvalue weighted by atomic mass is 10.0. The van der Waals surface area contributed by atoms with E-state index in [0.717, 1.165) is 27.1 Å². The molecular formula is C23H20N4O2S. The monoisotopic (exact) mass is 416 g/mol. The van der Waals surface area contributed by atoms with Crippen molar-refractivity contribution in [2.45, 2.75) is 20.4 Å². The van der Waals surface area contributed by atoms with Gasteiger partial charge in [0, 0.05) is 10.4 Å². The summed E-state index contributed by atoms with van der Waals surface area (Å²) in [6, 6.07) is 17.5. The van der Waals surface area contributed by atoms with Gasteiger partial charge in [0.15, 0.2) is 0 Å². The number of fused-ring (bicyclic) bond motifs is 1. The first kappa shape index (κ1) is 19.7. The molecule has 1 amide bonds. The number of hydrogen-bond acceptors (Lipinski definition) is 5. The fourth-order valence-corrected chi connectivity index (χ4v) is 4.23. The highest BCUT2D eigenvalue weighted by atomic mass is 32.1. The number of hydrogen-bond donors (Lipinski definition) is 1. The Bertz CT molecular complexity index is 1290. The maximum Gasteiger partial charge on any atom is 0.263 e. The van der Waals surface area contributed by atoms with E-state index < -0.39 is 5.91 Å². The van der Waals surface area contributed by atoms with E-state index in [2.05, 4.69) is 15.5 Å². The zero-order chi connectivity index (χ0) is 21.1. The number of hydrazone groups is 1. The number of aryl methyl sites for hydroxylation is 2. The second-order valence-electron chi connectivity index (χ2n) is 6.96. The number of nitrogens with one attached hydrogen (secondary N) is 1. The first-order valence-electron chi connectivity index (χ1n) is 9.45. The van der Waals surface area contributed by atoms with Gasteiger partial charge in [-0.2, -0.15) is 5.10 Å². The number of thiophene rings is 1. The average Bonchev–Trinajstić information content (AvgIpc) is 3.09. The summed E-state index contributed by atoms with van der Waals surface area (Å²) in [5.74, 6) is -0.394. The van der Waals surface area contributed by atoms with Gasteiger partial charge in [0.1, 0.15) is 11.4 Å². The zero-order valence-electron chi connectivity index (χ0n) is 16.6. The van der Waals surface area contributed by atoms with Crippen LogP contribution in [0, 0.1) is 13.8 Å². The lowest BCUT2D eigenvalue weighted by Crippen LogP contribution is -2.30. The van der Waals surface area contributed by atoms with Crippen LogP contribution >= 0.6 is 11.3 Å². The molecule has 0 atom stereocenters. The first-order chi connectivity index (χ1) is 14.5. The summed E-state index contributed by atoms with van der Waals surface area (Å²) in [5.41, 5.74) is 6.10. The molecule has 2 aromatic carbocycles. The molecule has 7 heteroatoms. The molecule has 0 saturated carbocycles. The van der Waals surface area contributed by atoms with Crippen LogP contribution in [-0.4, -0.2) is 21.7 Å². The number of amides is 1. The molecule has 0 aliphatic rings. The maximum absolute atomic E-state index is 13.1. The molecule has 2 heterocycles. The molecule has 0 saturated heterocycles. The van der Waals surface area contributed by atoms with Crippen LogP contribution in [0.25, 0.3) is 21.3 Å². The highest BCUT2D eigenvalue weighted by Gasteiger charge is 2.17. The Morgan fingerprint density at radius 2 is 1.87 bits per heavy atom. The Morgan fingerprint density at radius 1 is 1.13 bits per heavy atom. The molecule has 0 spiro atoms. The van der Waals surface area contributed by atoms with E-state index in [1.165, 1.54) is 22.2 Å². The number of benzene rings is 2. The van der Waals surface area contributed by atoms with Gasteiger partial charge in [-0.1, -0.05) is 60.2 Å². The fraction of sp³-hybridized carbons (Fsp3) is 0.130. The zero-order valence-corrected chi connectivity index (χ0v) is 17.4. The molecule has 0 unspecified atom stereocenters. The van der Waals surface area contributed by atoms with E-state index in [-0.39, 0.29) is 12.1 Å². The minimum absolute atomic E-state index is 0.157. The van der Waals surface area contributed by atoms with E-state index >= 15 is 0 Å². The van der Waals surface area contributed by atoms with Crippen LogP contribution in [0.3, 0.4) is 0 Å². The largest absolute Gasteiger partial charge is 0.289 e. The van der Waals surface area contributed by atoms with E-state index in [0.29, 0.717) is 10.2 Å². The molecule has 150 valence electrons. The average molecular weight is 417 g/mol. The summed E-state index contributed by atoms with van der Waals surface area (Å²) in [6.45, 7) is 3.82. The van der Waals surface area contributed by atoms with Crippen LogP contribution in [-0.2, 0) is 11.3 Å². The SMILES string of the molecule is Cc1ccc(C=NNC(=O)Cn2cnc3sc(C)c(-c4ccccc4)c3c2=O)cc1. The van der Waals surface area contributed by atoms with E-state index in [1.807, 2.05) is 68.4 Å². The molecule has 0 radical (unpaired) electrons. The van der Waals surface area contributed by atoms with E-state index in [9.17, 15) is 9.59 Å². The first-order valence-corrected chi connectivity index (χ1v) is 10.3. The molecule has 0 bridgehead atoms. The van der Waals surface area contributed by atoms with Crippen LogP contribution in [0.2, 0.25) is 0 Å². The Morgan fingerprint density at radius 3 is 2.60 bits per heavy atom. The number of aromatic nitrogens is 2. The van der Waals surface area contributed by atoms with Crippen molar-refractivity contribution in [2.24, 2.45) is 5.10 Å². The van der Waals surface area contributed by atoms with E-state index in [4.69, 9.17) is 0 Å². The molecule has 0 aliphatic heterocycles. The number of carbonyl (C=O) groups is 1. The van der Waals surface area contributed by atoms with Gasteiger partial charge in [-0.05, 0) is 25.0 Å². The summed E-state index contributed by atoms with van der Waals surface area (Å²) >= 11 is 1.48. The number of rotatable bonds is 5. The van der Waals surface area contributed by atoms with Crippen LogP contribution in [0.1, 0.15) is 16.0 Å². The van der Waals surface area contributed by atoms with Crippen molar-refractivity contribution < 1.29 is 4.79 Å². The quantitative estimate of drug-likeness (QED) is 0.396. The third-order valence-electron chi connectivity index (χ3n) is 4.71. The van der Waals surface area contributed by atoms with Crippen molar-refractivity contribution in [3.05, 3.63) is 87.3 Å². The second-order valence-corrected chi connectivity index (χ2v) is 8.16. The molecule has 30 heavy (non-hydrogen) atoms. The summed E-state index contributed by atoms with van der Waals surface area (Å²) in [5, 5.41) is 4.51. The predicted molar refractivity (Wildman–Crippen MR) is 121 cm³/mol. The Kier molecular flexibility index (Phi) is 5.54. The van der Waals surface area contributed by atoms with Gasteiger partial charge in [-0.3, -0.25) is 14.2 Å². The third kappa shape index (κ3) is 4.06. The molecule has 0 aliphatic carbocycles. The van der Waals surface area contributed by atoms with Gasteiger partial charge >= 0.3 is 0 Å². The summed E-state index contributed by atoms with van der Waals surface area (Å²) in [7, 11) is 0. The van der Waals surface area contributed by atoms with Crippen LogP contribution < -0.4 is 11.0 Å². The molecule has 2 aromatic heterocycles. The highest BCUT2D eigenvalue weighted by Crippen LogP contribution is 2.35. The van der Waals surface area contributed by atoms with Crippen molar-refractivity contribution in [1.29, 1.82) is 0 Å². The summed E-state index contributed by atoms with van der Waals surface area (Å²) in [6.07, 6.45) is 2.98. The molecule has 4 aromatic rings. The van der Waals surface area contributed by atoms with Crippen molar-refractivity contribution in [3.8, 4) is 11.1 Å². The Hall–Kier alpha value is -3.58. The lowest BCUT2D eigenvalue weighted by molar-refractivity contribution is -0.121. The van der Waals surface area contributed by atoms with Crippen LogP contribution in [0.15, 0.2) is 70.8 Å². The van der Waals surface area contributed by atoms with Crippen LogP contribution in [0.5, 0.6) is 0 Å². The number of nitrogens with zero attached hydrogens (tertiary/aromatic N) is 3. The molecular weight excluding hydrogens is 396 g/mol. The number of carbonyl (C=O) groups excluding carboxylic acids is 1. The molecule has 6 nitrogen and oxygen atoms in total. The van der Waals surface area contributed by atoms with Gasteiger partial charge in [0.2, 0.25) is 0 Å². The highest BCUT2D eigenvalue weighted by molar-refractivity contribution is 7.19. The maximum atomic E-state index is 13.1. The topological polar surface area (TPSA) is 76.3 Å². The second kappa shape index (κ2) is 8.42. The Balaban J connectivity index is 1.57. The third-order valence-corrected chi connectivity index (χ3v) is 5.72. The lowest BCUT2D eigenvalue weighted by Gasteiger charge is -2.06. The van der Waals surface area contributed by atoms with Crippen molar-refractivity contribution in [2.75, 3.05) is 0 Å². The Labute approximate surface area is 177 Å². The summed E-state index contributed by atoms with van der Waals surface area (Å²) in [4.78, 5) is 31.5. The van der Waals surface area contributed by atoms with Crippen LogP contribution in [0.4, 0.5) is 0 Å². The fourth-order valence-electron chi connectivity index (χ4n) is 3.22. The summed E-state index contributed by atoms with van der Waals surface area (Å²) < 4.78 is 1.32.